The molecule has 112 valence electrons. The molecule has 0 saturated carbocycles. The van der Waals surface area contributed by atoms with Crippen LogP contribution in [0.3, 0.4) is 0 Å². The van der Waals surface area contributed by atoms with E-state index in [1.54, 1.807) is 0 Å². The molecule has 2 rings (SSSR count). The first-order valence-electron chi connectivity index (χ1n) is 7.28. The Kier molecular flexibility index (Phi) is 5.57. The molecule has 1 heterocycles. The van der Waals surface area contributed by atoms with E-state index in [4.69, 9.17) is 5.73 Å². The summed E-state index contributed by atoms with van der Waals surface area (Å²) in [5.74, 6) is 1.18. The van der Waals surface area contributed by atoms with Crippen LogP contribution in [0.25, 0.3) is 0 Å². The van der Waals surface area contributed by atoms with Crippen molar-refractivity contribution in [1.82, 2.24) is 4.90 Å². The summed E-state index contributed by atoms with van der Waals surface area (Å²) in [7, 11) is 0. The fraction of sp³-hybridized carbons (Fsp3) is 0.625. The lowest BCUT2D eigenvalue weighted by Gasteiger charge is -2.34. The largest absolute Gasteiger partial charge is 0.326 e. The average molecular weight is 357 g/mol. The smallest absolute Gasteiger partial charge is 0.0497 e. The fourth-order valence-corrected chi connectivity index (χ4v) is 4.38. The second kappa shape index (κ2) is 6.82. The molecule has 2 atom stereocenters. The van der Waals surface area contributed by atoms with Crippen LogP contribution in [-0.4, -0.2) is 34.5 Å². The normalized spacial score (nSPS) is 23.1. The van der Waals surface area contributed by atoms with Crippen LogP contribution >= 0.6 is 27.7 Å². The van der Waals surface area contributed by atoms with Crippen molar-refractivity contribution in [2.45, 2.75) is 44.0 Å². The van der Waals surface area contributed by atoms with Crippen molar-refractivity contribution in [2.24, 2.45) is 5.73 Å². The number of hydrogen-bond donors (Lipinski definition) is 1. The highest BCUT2D eigenvalue weighted by molar-refractivity contribution is 9.10. The van der Waals surface area contributed by atoms with Crippen LogP contribution in [0.15, 0.2) is 28.7 Å². The summed E-state index contributed by atoms with van der Waals surface area (Å²) < 4.78 is 1.51. The van der Waals surface area contributed by atoms with Crippen molar-refractivity contribution in [3.63, 3.8) is 0 Å². The zero-order valence-electron chi connectivity index (χ0n) is 12.6. The molecule has 0 aromatic heterocycles. The van der Waals surface area contributed by atoms with Gasteiger partial charge in [0.05, 0.1) is 0 Å². The first-order chi connectivity index (χ1) is 9.39. The minimum Gasteiger partial charge on any atom is -0.326 e. The number of hydrogen-bond acceptors (Lipinski definition) is 3. The summed E-state index contributed by atoms with van der Waals surface area (Å²) in [6.45, 7) is 9.06. The molecule has 0 aliphatic carbocycles. The fourth-order valence-electron chi connectivity index (χ4n) is 2.85. The van der Waals surface area contributed by atoms with Gasteiger partial charge in [0.1, 0.15) is 0 Å². The highest BCUT2D eigenvalue weighted by atomic mass is 79.9. The summed E-state index contributed by atoms with van der Waals surface area (Å²) in [5.41, 5.74) is 7.62. The van der Waals surface area contributed by atoms with Crippen LogP contribution in [0.2, 0.25) is 0 Å². The van der Waals surface area contributed by atoms with E-state index in [1.807, 2.05) is 0 Å². The number of rotatable bonds is 3. The molecule has 0 bridgehead atoms. The van der Waals surface area contributed by atoms with Crippen LogP contribution in [-0.2, 0) is 0 Å². The van der Waals surface area contributed by atoms with Gasteiger partial charge in [-0.2, -0.15) is 11.8 Å². The summed E-state index contributed by atoms with van der Waals surface area (Å²) in [6.07, 6.45) is 1.22. The van der Waals surface area contributed by atoms with E-state index >= 15 is 0 Å². The van der Waals surface area contributed by atoms with Gasteiger partial charge in [-0.25, -0.2) is 0 Å². The standard InChI is InChI=1S/C16H25BrN2S/c1-12(18)15(13-5-4-6-14(17)11-13)19-8-7-16(2,3)20-10-9-19/h4-6,11-12,15H,7-10,18H2,1-3H3. The minimum absolute atomic E-state index is 0.135. The molecule has 0 spiro atoms. The highest BCUT2D eigenvalue weighted by Gasteiger charge is 2.29. The Morgan fingerprint density at radius 1 is 1.35 bits per heavy atom. The lowest BCUT2D eigenvalue weighted by Crippen LogP contribution is -2.41. The van der Waals surface area contributed by atoms with E-state index in [2.05, 4.69) is 77.6 Å². The molecule has 2 N–H and O–H groups in total. The summed E-state index contributed by atoms with van der Waals surface area (Å²) >= 11 is 5.65. The first-order valence-corrected chi connectivity index (χ1v) is 9.06. The lowest BCUT2D eigenvalue weighted by molar-refractivity contribution is 0.184. The zero-order chi connectivity index (χ0) is 14.8. The van der Waals surface area contributed by atoms with Crippen molar-refractivity contribution in [2.75, 3.05) is 18.8 Å². The van der Waals surface area contributed by atoms with Crippen LogP contribution in [0, 0.1) is 0 Å². The summed E-state index contributed by atoms with van der Waals surface area (Å²) in [6, 6.07) is 9.02. The van der Waals surface area contributed by atoms with Crippen LogP contribution < -0.4 is 5.73 Å². The molecular formula is C16H25BrN2S. The number of benzene rings is 1. The van der Waals surface area contributed by atoms with Crippen LogP contribution in [0.4, 0.5) is 0 Å². The molecule has 0 radical (unpaired) electrons. The number of thioether (sulfide) groups is 1. The van der Waals surface area contributed by atoms with Crippen molar-refractivity contribution >= 4 is 27.7 Å². The van der Waals surface area contributed by atoms with E-state index in [-0.39, 0.29) is 6.04 Å². The molecule has 0 amide bonds. The Hall–Kier alpha value is -0.0300. The van der Waals surface area contributed by atoms with Gasteiger partial charge in [-0.1, -0.05) is 41.9 Å². The minimum atomic E-state index is 0.135. The number of nitrogens with two attached hydrogens (primary N) is 1. The van der Waals surface area contributed by atoms with Gasteiger partial charge < -0.3 is 5.73 Å². The van der Waals surface area contributed by atoms with Gasteiger partial charge >= 0.3 is 0 Å². The Morgan fingerprint density at radius 3 is 2.75 bits per heavy atom. The molecule has 1 fully saturated rings. The van der Waals surface area contributed by atoms with Crippen LogP contribution in [0.5, 0.6) is 0 Å². The molecule has 1 aliphatic heterocycles. The molecule has 2 nitrogen and oxygen atoms in total. The second-order valence-corrected chi connectivity index (χ2v) is 8.97. The third-order valence-electron chi connectivity index (χ3n) is 3.95. The molecule has 1 aromatic carbocycles. The third kappa shape index (κ3) is 4.23. The molecule has 1 saturated heterocycles. The van der Waals surface area contributed by atoms with Gasteiger partial charge in [-0.3, -0.25) is 4.90 Å². The quantitative estimate of drug-likeness (QED) is 0.885. The Balaban J connectivity index is 2.21. The van der Waals surface area contributed by atoms with Crippen LogP contribution in [0.1, 0.15) is 38.8 Å². The first kappa shape index (κ1) is 16.3. The van der Waals surface area contributed by atoms with Gasteiger partial charge in [-0.15, -0.1) is 0 Å². The SMILES string of the molecule is CC(N)C(c1cccc(Br)c1)N1CCSC(C)(C)CC1. The topological polar surface area (TPSA) is 29.3 Å². The van der Waals surface area contributed by atoms with Gasteiger partial charge in [-0.05, 0) is 31.0 Å². The molecule has 4 heteroatoms. The molecule has 1 aliphatic rings. The van der Waals surface area contributed by atoms with E-state index in [1.165, 1.54) is 17.7 Å². The van der Waals surface area contributed by atoms with Gasteiger partial charge in [0, 0.05) is 40.1 Å². The van der Waals surface area contributed by atoms with Gasteiger partial charge in [0.25, 0.3) is 0 Å². The predicted molar refractivity (Wildman–Crippen MR) is 93.3 cm³/mol. The van der Waals surface area contributed by atoms with Crippen molar-refractivity contribution in [3.8, 4) is 0 Å². The summed E-state index contributed by atoms with van der Waals surface area (Å²) in [4.78, 5) is 2.56. The Bertz CT molecular complexity index is 448. The predicted octanol–water partition coefficient (Wildman–Crippen LogP) is 4.05. The number of halogens is 1. The van der Waals surface area contributed by atoms with E-state index < -0.39 is 0 Å². The van der Waals surface area contributed by atoms with Crippen molar-refractivity contribution in [1.29, 1.82) is 0 Å². The third-order valence-corrected chi connectivity index (χ3v) is 5.82. The van der Waals surface area contributed by atoms with Crippen molar-refractivity contribution < 1.29 is 0 Å². The second-order valence-electron chi connectivity index (χ2n) is 6.25. The Morgan fingerprint density at radius 2 is 2.10 bits per heavy atom. The highest BCUT2D eigenvalue weighted by Crippen LogP contribution is 2.34. The Labute approximate surface area is 135 Å². The van der Waals surface area contributed by atoms with Crippen molar-refractivity contribution in [3.05, 3.63) is 34.3 Å². The monoisotopic (exact) mass is 356 g/mol. The van der Waals surface area contributed by atoms with E-state index in [0.29, 0.717) is 10.8 Å². The van der Waals surface area contributed by atoms with Gasteiger partial charge in [0.2, 0.25) is 0 Å². The average Bonchev–Trinajstić information content (AvgIpc) is 2.51. The maximum Gasteiger partial charge on any atom is 0.0497 e. The lowest BCUT2D eigenvalue weighted by atomic mass is 9.98. The maximum atomic E-state index is 6.30. The zero-order valence-corrected chi connectivity index (χ0v) is 15.0. The molecular weight excluding hydrogens is 332 g/mol. The number of nitrogens with zero attached hydrogens (tertiary/aromatic N) is 1. The maximum absolute atomic E-state index is 6.30. The van der Waals surface area contributed by atoms with E-state index in [0.717, 1.165) is 17.6 Å². The molecule has 2 unspecified atom stereocenters. The summed E-state index contributed by atoms with van der Waals surface area (Å²) in [5, 5.41) is 0. The van der Waals surface area contributed by atoms with Gasteiger partial charge in [0.15, 0.2) is 0 Å². The molecule has 1 aromatic rings. The molecule has 20 heavy (non-hydrogen) atoms. The van der Waals surface area contributed by atoms with E-state index in [9.17, 15) is 0 Å².